The van der Waals surface area contributed by atoms with E-state index in [-0.39, 0.29) is 47.1 Å². The molecule has 0 unspecified atom stereocenters. The zero-order valence-electron chi connectivity index (χ0n) is 3.97. The Morgan fingerprint density at radius 1 is 1.12 bits per heavy atom. The van der Waals surface area contributed by atoms with E-state index in [4.69, 9.17) is 15.3 Å². The Labute approximate surface area is 68.8 Å². The molecule has 0 amide bonds. The largest absolute Gasteiger partial charge is 0.394 e. The molecule has 0 bridgehead atoms. The van der Waals surface area contributed by atoms with Crippen LogP contribution in [-0.4, -0.2) is 34.6 Å². The molecule has 0 aromatic rings. The molecule has 0 spiro atoms. The second kappa shape index (κ2) is 10.8. The van der Waals surface area contributed by atoms with Gasteiger partial charge in [0.1, 0.15) is 6.10 Å². The molecule has 0 fully saturated rings. The summed E-state index contributed by atoms with van der Waals surface area (Å²) in [5.41, 5.74) is 0. The molecule has 0 heterocycles. The molecular formula is C3H8CoCuO3. The molecule has 0 aromatic carbocycles. The fraction of sp³-hybridized carbons (Fsp3) is 1.00. The van der Waals surface area contributed by atoms with Gasteiger partial charge in [0.05, 0.1) is 13.2 Å². The minimum atomic E-state index is -0.954. The molecule has 0 aliphatic heterocycles. The van der Waals surface area contributed by atoms with E-state index in [9.17, 15) is 0 Å². The number of hydrogen-bond acceptors (Lipinski definition) is 3. The summed E-state index contributed by atoms with van der Waals surface area (Å²) in [7, 11) is 0. The molecule has 0 aliphatic carbocycles. The summed E-state index contributed by atoms with van der Waals surface area (Å²) in [6, 6.07) is 0. The molecule has 0 rings (SSSR count). The molecule has 8 heavy (non-hydrogen) atoms. The summed E-state index contributed by atoms with van der Waals surface area (Å²) in [6.45, 7) is -0.729. The van der Waals surface area contributed by atoms with Crippen molar-refractivity contribution in [2.45, 2.75) is 6.10 Å². The van der Waals surface area contributed by atoms with Crippen molar-refractivity contribution in [2.75, 3.05) is 13.2 Å². The van der Waals surface area contributed by atoms with Gasteiger partial charge in [-0.2, -0.15) is 0 Å². The van der Waals surface area contributed by atoms with Gasteiger partial charge >= 0.3 is 0 Å². The first kappa shape index (κ1) is 16.0. The topological polar surface area (TPSA) is 60.7 Å². The van der Waals surface area contributed by atoms with Gasteiger partial charge in [-0.25, -0.2) is 0 Å². The minimum Gasteiger partial charge on any atom is -0.394 e. The predicted molar refractivity (Wildman–Crippen MR) is 20.2 cm³/mol. The van der Waals surface area contributed by atoms with E-state index >= 15 is 0 Å². The van der Waals surface area contributed by atoms with Crippen molar-refractivity contribution in [3.05, 3.63) is 0 Å². The standard InChI is InChI=1S/C3H8O3.Co.Cu/c4-1-3(6)2-5;;/h3-6H,1-2H2;;. The van der Waals surface area contributed by atoms with E-state index in [1.807, 2.05) is 0 Å². The average molecular weight is 215 g/mol. The van der Waals surface area contributed by atoms with Gasteiger partial charge in [0.2, 0.25) is 0 Å². The summed E-state index contributed by atoms with van der Waals surface area (Å²) < 4.78 is 0. The number of hydrogen-bond donors (Lipinski definition) is 3. The summed E-state index contributed by atoms with van der Waals surface area (Å²) >= 11 is 0. The van der Waals surface area contributed by atoms with Gasteiger partial charge in [0.25, 0.3) is 0 Å². The molecule has 0 aromatic heterocycles. The quantitative estimate of drug-likeness (QED) is 0.482. The first-order valence-corrected chi connectivity index (χ1v) is 1.71. The Balaban J connectivity index is -0.000000125. The fourth-order valence-electron chi connectivity index (χ4n) is 0.0577. The van der Waals surface area contributed by atoms with Crippen LogP contribution in [0.25, 0.3) is 0 Å². The smallest absolute Gasteiger partial charge is 0.100 e. The molecule has 3 nitrogen and oxygen atoms in total. The van der Waals surface area contributed by atoms with Gasteiger partial charge in [-0.15, -0.1) is 0 Å². The monoisotopic (exact) mass is 214 g/mol. The van der Waals surface area contributed by atoms with E-state index in [2.05, 4.69) is 0 Å². The first-order valence-electron chi connectivity index (χ1n) is 1.71. The molecule has 2 radical (unpaired) electrons. The maximum Gasteiger partial charge on any atom is 0.100 e. The Morgan fingerprint density at radius 2 is 1.38 bits per heavy atom. The van der Waals surface area contributed by atoms with Crippen LogP contribution in [0.5, 0.6) is 0 Å². The van der Waals surface area contributed by atoms with Crippen molar-refractivity contribution in [3.63, 3.8) is 0 Å². The van der Waals surface area contributed by atoms with Crippen LogP contribution < -0.4 is 0 Å². The van der Waals surface area contributed by atoms with Crippen molar-refractivity contribution in [3.8, 4) is 0 Å². The first-order chi connectivity index (χ1) is 2.81. The Kier molecular flexibility index (Phi) is 21.6. The summed E-state index contributed by atoms with van der Waals surface area (Å²) in [4.78, 5) is 0. The average Bonchev–Trinajstić information content (AvgIpc) is 1.65. The van der Waals surface area contributed by atoms with Crippen molar-refractivity contribution in [2.24, 2.45) is 0 Å². The minimum absolute atomic E-state index is 0. The SMILES string of the molecule is OCC(O)CO.[Co].[Cu]. The molecule has 0 aliphatic rings. The van der Waals surface area contributed by atoms with Crippen molar-refractivity contribution < 1.29 is 49.2 Å². The van der Waals surface area contributed by atoms with Gasteiger partial charge in [-0.1, -0.05) is 0 Å². The maximum absolute atomic E-state index is 8.17. The van der Waals surface area contributed by atoms with Gasteiger partial charge in [-0.3, -0.25) is 0 Å². The van der Waals surface area contributed by atoms with Crippen molar-refractivity contribution >= 4 is 0 Å². The van der Waals surface area contributed by atoms with Crippen LogP contribution in [-0.2, 0) is 33.8 Å². The third-order valence-corrected chi connectivity index (χ3v) is 0.421. The summed E-state index contributed by atoms with van der Waals surface area (Å²) in [6.07, 6.45) is -0.954. The molecule has 0 atom stereocenters. The second-order valence-electron chi connectivity index (χ2n) is 1.02. The summed E-state index contributed by atoms with van der Waals surface area (Å²) in [5.74, 6) is 0. The predicted octanol–water partition coefficient (Wildman–Crippen LogP) is -1.67. The Morgan fingerprint density at radius 3 is 1.38 bits per heavy atom. The van der Waals surface area contributed by atoms with Gasteiger partial charge in [0, 0.05) is 33.8 Å². The van der Waals surface area contributed by atoms with Crippen LogP contribution in [0, 0.1) is 0 Å². The third-order valence-electron chi connectivity index (χ3n) is 0.421. The van der Waals surface area contributed by atoms with Crippen molar-refractivity contribution in [1.82, 2.24) is 0 Å². The molecular weight excluding hydrogens is 207 g/mol. The zero-order valence-corrected chi connectivity index (χ0v) is 5.95. The van der Waals surface area contributed by atoms with E-state index in [1.54, 1.807) is 0 Å². The molecule has 0 saturated heterocycles. The second-order valence-corrected chi connectivity index (χ2v) is 1.02. The van der Waals surface area contributed by atoms with E-state index in [0.29, 0.717) is 0 Å². The zero-order chi connectivity index (χ0) is 4.99. The fourth-order valence-corrected chi connectivity index (χ4v) is 0.0577. The van der Waals surface area contributed by atoms with Crippen LogP contribution in [0.15, 0.2) is 0 Å². The van der Waals surface area contributed by atoms with Gasteiger partial charge < -0.3 is 15.3 Å². The maximum atomic E-state index is 8.17. The van der Waals surface area contributed by atoms with Crippen LogP contribution in [0.1, 0.15) is 0 Å². The van der Waals surface area contributed by atoms with Crippen LogP contribution >= 0.6 is 0 Å². The molecule has 5 heteroatoms. The molecule has 0 saturated carbocycles. The van der Waals surface area contributed by atoms with E-state index in [1.165, 1.54) is 0 Å². The number of aliphatic hydroxyl groups is 3. The molecule has 3 N–H and O–H groups in total. The van der Waals surface area contributed by atoms with Crippen LogP contribution in [0.4, 0.5) is 0 Å². The van der Waals surface area contributed by atoms with Gasteiger partial charge in [0.15, 0.2) is 0 Å². The van der Waals surface area contributed by atoms with Crippen LogP contribution in [0.3, 0.4) is 0 Å². The van der Waals surface area contributed by atoms with E-state index < -0.39 is 6.10 Å². The van der Waals surface area contributed by atoms with Crippen LogP contribution in [0.2, 0.25) is 0 Å². The summed E-state index contributed by atoms with van der Waals surface area (Å²) in [5, 5.41) is 24.0. The van der Waals surface area contributed by atoms with Gasteiger partial charge in [-0.05, 0) is 0 Å². The Bertz CT molecular complexity index is 33.7. The third kappa shape index (κ3) is 10.0. The normalized spacial score (nSPS) is 7.50. The van der Waals surface area contributed by atoms with E-state index in [0.717, 1.165) is 0 Å². The molecule has 58 valence electrons. The number of aliphatic hydroxyl groups excluding tert-OH is 3. The Hall–Kier alpha value is 0.906. The van der Waals surface area contributed by atoms with Crippen molar-refractivity contribution in [1.29, 1.82) is 0 Å². The number of rotatable bonds is 2.